The monoisotopic (exact) mass is 255 g/mol. The van der Waals surface area contributed by atoms with Gasteiger partial charge in [-0.05, 0) is 6.07 Å². The number of methoxy groups -OCH3 is 1. The Hall–Kier alpha value is -2.19. The van der Waals surface area contributed by atoms with Crippen LogP contribution in [0.5, 0.6) is 5.75 Å². The van der Waals surface area contributed by atoms with E-state index in [4.69, 9.17) is 10.5 Å². The van der Waals surface area contributed by atoms with E-state index in [2.05, 4.69) is 5.32 Å². The molecule has 0 fully saturated rings. The third-order valence-corrected chi connectivity index (χ3v) is 2.24. The number of nitro benzene ring substituents is 1. The Kier molecular flexibility index (Phi) is 4.58. The zero-order valence-corrected chi connectivity index (χ0v) is 9.62. The lowest BCUT2D eigenvalue weighted by atomic mass is 10.2. The molecule has 8 nitrogen and oxygen atoms in total. The largest absolute Gasteiger partial charge is 0.506 e. The van der Waals surface area contributed by atoms with Crippen LogP contribution in [0.2, 0.25) is 0 Å². The van der Waals surface area contributed by atoms with Gasteiger partial charge in [0.25, 0.3) is 11.6 Å². The molecule has 4 N–H and O–H groups in total. The topological polar surface area (TPSA) is 128 Å². The molecule has 1 aromatic rings. The number of amides is 1. The molecule has 1 aromatic carbocycles. The molecule has 0 aliphatic carbocycles. The highest BCUT2D eigenvalue weighted by molar-refractivity contribution is 5.95. The molecule has 18 heavy (non-hydrogen) atoms. The van der Waals surface area contributed by atoms with Crippen LogP contribution < -0.4 is 11.1 Å². The normalized spacial score (nSPS) is 11.9. The fourth-order valence-corrected chi connectivity index (χ4v) is 1.26. The Morgan fingerprint density at radius 3 is 2.83 bits per heavy atom. The molecule has 1 atom stereocenters. The summed E-state index contributed by atoms with van der Waals surface area (Å²) in [5, 5.41) is 22.4. The van der Waals surface area contributed by atoms with Crippen molar-refractivity contribution in [2.45, 2.75) is 6.10 Å². The van der Waals surface area contributed by atoms with E-state index in [1.165, 1.54) is 7.11 Å². The lowest BCUT2D eigenvalue weighted by Gasteiger charge is -2.13. The molecule has 0 aromatic heterocycles. The third kappa shape index (κ3) is 3.15. The molecular formula is C10H13N3O5. The van der Waals surface area contributed by atoms with Crippen LogP contribution in [0.3, 0.4) is 0 Å². The number of nitrogens with one attached hydrogen (secondary N) is 1. The number of carbonyl (C=O) groups is 1. The second-order valence-corrected chi connectivity index (χ2v) is 3.41. The highest BCUT2D eigenvalue weighted by atomic mass is 16.6. The number of benzene rings is 1. The number of rotatable bonds is 5. The van der Waals surface area contributed by atoms with Crippen LogP contribution in [-0.4, -0.2) is 35.7 Å². The molecule has 0 radical (unpaired) electrons. The Morgan fingerprint density at radius 1 is 1.67 bits per heavy atom. The number of phenolic OH excluding ortho intramolecular Hbond substituents is 1. The summed E-state index contributed by atoms with van der Waals surface area (Å²) in [6, 6.07) is 3.30. The summed E-state index contributed by atoms with van der Waals surface area (Å²) >= 11 is 0. The zero-order valence-electron chi connectivity index (χ0n) is 9.62. The number of hydrogen-bond acceptors (Lipinski definition) is 6. The highest BCUT2D eigenvalue weighted by Crippen LogP contribution is 2.27. The van der Waals surface area contributed by atoms with Gasteiger partial charge in [-0.3, -0.25) is 14.9 Å². The van der Waals surface area contributed by atoms with Gasteiger partial charge in [0.05, 0.1) is 10.6 Å². The van der Waals surface area contributed by atoms with Crippen LogP contribution in [0.15, 0.2) is 18.2 Å². The number of ether oxygens (including phenoxy) is 1. The summed E-state index contributed by atoms with van der Waals surface area (Å²) in [6.45, 7) is -0.0436. The first-order valence-corrected chi connectivity index (χ1v) is 5.00. The van der Waals surface area contributed by atoms with E-state index in [1.807, 2.05) is 0 Å². The third-order valence-electron chi connectivity index (χ3n) is 2.24. The molecule has 0 aliphatic heterocycles. The van der Waals surface area contributed by atoms with Gasteiger partial charge in [0.15, 0.2) is 0 Å². The summed E-state index contributed by atoms with van der Waals surface area (Å²) in [7, 11) is 1.31. The van der Waals surface area contributed by atoms with E-state index in [0.29, 0.717) is 0 Å². The number of nitrogens with zero attached hydrogens (tertiary/aromatic N) is 1. The van der Waals surface area contributed by atoms with Gasteiger partial charge in [-0.1, -0.05) is 0 Å². The summed E-state index contributed by atoms with van der Waals surface area (Å²) < 4.78 is 4.80. The zero-order chi connectivity index (χ0) is 13.7. The first kappa shape index (κ1) is 13.9. The molecular weight excluding hydrogens is 242 g/mol. The van der Waals surface area contributed by atoms with E-state index in [1.54, 1.807) is 0 Å². The van der Waals surface area contributed by atoms with Gasteiger partial charge >= 0.3 is 0 Å². The highest BCUT2D eigenvalue weighted by Gasteiger charge is 2.18. The van der Waals surface area contributed by atoms with E-state index in [-0.39, 0.29) is 23.7 Å². The first-order chi connectivity index (χ1) is 8.49. The van der Waals surface area contributed by atoms with Crippen molar-refractivity contribution >= 4 is 17.3 Å². The fourth-order valence-electron chi connectivity index (χ4n) is 1.26. The second-order valence-electron chi connectivity index (χ2n) is 3.41. The molecule has 0 aliphatic rings. The molecule has 1 unspecified atom stereocenters. The number of phenols is 1. The van der Waals surface area contributed by atoms with Gasteiger partial charge < -0.3 is 20.9 Å². The van der Waals surface area contributed by atoms with Crippen molar-refractivity contribution in [3.05, 3.63) is 28.3 Å². The minimum Gasteiger partial charge on any atom is -0.506 e. The number of non-ortho nitro benzene ring substituents is 1. The number of anilines is 1. The average molecular weight is 255 g/mol. The maximum atomic E-state index is 11.6. The minimum atomic E-state index is -0.885. The molecule has 0 bridgehead atoms. The number of nitro groups is 1. The van der Waals surface area contributed by atoms with Gasteiger partial charge in [-0.25, -0.2) is 0 Å². The molecule has 0 spiro atoms. The fraction of sp³-hybridized carbons (Fsp3) is 0.300. The van der Waals surface area contributed by atoms with Crippen LogP contribution in [0, 0.1) is 10.1 Å². The van der Waals surface area contributed by atoms with Crippen LogP contribution in [0.25, 0.3) is 0 Å². The number of hydrogen-bond donors (Lipinski definition) is 3. The minimum absolute atomic E-state index is 0.0436. The lowest BCUT2D eigenvalue weighted by molar-refractivity contribution is -0.384. The van der Waals surface area contributed by atoms with Crippen molar-refractivity contribution in [1.82, 2.24) is 0 Å². The van der Waals surface area contributed by atoms with Crippen LogP contribution in [0.1, 0.15) is 0 Å². The summed E-state index contributed by atoms with van der Waals surface area (Å²) in [6.07, 6.45) is -0.885. The number of aromatic hydroxyl groups is 1. The Labute approximate surface area is 103 Å². The van der Waals surface area contributed by atoms with E-state index in [9.17, 15) is 20.0 Å². The standard InChI is InChI=1S/C10H13N3O5/c1-18-9(5-11)10(15)12-7-4-6(13(16)17)2-3-8(7)14/h2-4,9,14H,5,11H2,1H3,(H,12,15). The molecule has 0 saturated carbocycles. The Morgan fingerprint density at radius 2 is 2.33 bits per heavy atom. The summed E-state index contributed by atoms with van der Waals surface area (Å²) in [5.41, 5.74) is 4.99. The average Bonchev–Trinajstić information content (AvgIpc) is 2.33. The molecule has 1 amide bonds. The Bertz CT molecular complexity index is 459. The van der Waals surface area contributed by atoms with Gasteiger partial charge in [-0.2, -0.15) is 0 Å². The van der Waals surface area contributed by atoms with Crippen LogP contribution in [0.4, 0.5) is 11.4 Å². The molecule has 0 heterocycles. The molecule has 1 rings (SSSR count). The summed E-state index contributed by atoms with van der Waals surface area (Å²) in [4.78, 5) is 21.5. The van der Waals surface area contributed by atoms with Crippen LogP contribution in [-0.2, 0) is 9.53 Å². The quantitative estimate of drug-likeness (QED) is 0.392. The van der Waals surface area contributed by atoms with Crippen molar-refractivity contribution in [2.24, 2.45) is 5.73 Å². The van der Waals surface area contributed by atoms with Gasteiger partial charge in [0.1, 0.15) is 11.9 Å². The lowest BCUT2D eigenvalue weighted by Crippen LogP contribution is -2.35. The van der Waals surface area contributed by atoms with Gasteiger partial charge in [0.2, 0.25) is 0 Å². The SMILES string of the molecule is COC(CN)C(=O)Nc1cc([N+](=O)[O-])ccc1O. The van der Waals surface area contributed by atoms with Gasteiger partial charge in [-0.15, -0.1) is 0 Å². The Balaban J connectivity index is 2.93. The maximum Gasteiger partial charge on any atom is 0.271 e. The van der Waals surface area contributed by atoms with Crippen LogP contribution >= 0.6 is 0 Å². The molecule has 98 valence electrons. The second kappa shape index (κ2) is 5.94. The predicted molar refractivity (Wildman–Crippen MR) is 63.2 cm³/mol. The van der Waals surface area contributed by atoms with Crippen molar-refractivity contribution in [3.63, 3.8) is 0 Å². The maximum absolute atomic E-state index is 11.6. The van der Waals surface area contributed by atoms with E-state index >= 15 is 0 Å². The predicted octanol–water partition coefficient (Wildman–Crippen LogP) is 0.213. The molecule has 0 saturated heterocycles. The summed E-state index contributed by atoms with van der Waals surface area (Å²) in [5.74, 6) is -0.864. The van der Waals surface area contributed by atoms with Crippen molar-refractivity contribution in [3.8, 4) is 5.75 Å². The van der Waals surface area contributed by atoms with E-state index in [0.717, 1.165) is 18.2 Å². The van der Waals surface area contributed by atoms with Crippen molar-refractivity contribution < 1.29 is 19.6 Å². The number of carbonyl (C=O) groups excluding carboxylic acids is 1. The van der Waals surface area contributed by atoms with Gasteiger partial charge in [0, 0.05) is 25.8 Å². The first-order valence-electron chi connectivity index (χ1n) is 5.00. The van der Waals surface area contributed by atoms with Crippen molar-refractivity contribution in [1.29, 1.82) is 0 Å². The van der Waals surface area contributed by atoms with Crippen molar-refractivity contribution in [2.75, 3.05) is 19.0 Å². The molecule has 8 heteroatoms. The number of nitrogens with two attached hydrogens (primary N) is 1. The smallest absolute Gasteiger partial charge is 0.271 e. The van der Waals surface area contributed by atoms with E-state index < -0.39 is 16.9 Å².